The monoisotopic (exact) mass is 726 g/mol. The lowest BCUT2D eigenvalue weighted by Crippen LogP contribution is -2.00. The number of pyridine rings is 1. The molecule has 11 aromatic rings. The minimum atomic E-state index is 0.625. The van der Waals surface area contributed by atoms with Crippen molar-refractivity contribution in [3.05, 3.63) is 182 Å². The highest BCUT2D eigenvalue weighted by atomic mass is 16.3. The maximum atomic E-state index is 6.24. The van der Waals surface area contributed by atoms with Crippen LogP contribution in [0.15, 0.2) is 187 Å². The standard InChI is InChI=1S/C52H30N4O/c1-2-9-32(10-3-1)50-54-51(33-21-19-31(20-22-33)34-23-26-39-40-14-7-16-45-48(40)42(27-28-53-45)44(39)30-34)56-52(55-50)36-24-25-37-35(29-36)11-6-13-38(37)41-15-8-18-47-49(41)43-12-4-5-17-46(43)57-47/h1-30H. The first-order valence-corrected chi connectivity index (χ1v) is 19.1. The smallest absolute Gasteiger partial charge is 0.164 e. The van der Waals surface area contributed by atoms with E-state index in [1.165, 1.54) is 27.6 Å². The summed E-state index contributed by atoms with van der Waals surface area (Å²) >= 11 is 0. The van der Waals surface area contributed by atoms with Crippen molar-refractivity contribution in [2.24, 2.45) is 0 Å². The number of hydrogen-bond acceptors (Lipinski definition) is 5. The van der Waals surface area contributed by atoms with Crippen LogP contribution in [0.25, 0.3) is 122 Å². The average molecular weight is 727 g/mol. The molecule has 0 saturated heterocycles. The van der Waals surface area contributed by atoms with Gasteiger partial charge in [0, 0.05) is 39.0 Å². The zero-order valence-corrected chi connectivity index (χ0v) is 30.5. The van der Waals surface area contributed by atoms with Gasteiger partial charge in [0.05, 0.1) is 5.52 Å². The van der Waals surface area contributed by atoms with Gasteiger partial charge < -0.3 is 4.42 Å². The van der Waals surface area contributed by atoms with Gasteiger partial charge in [0.15, 0.2) is 17.5 Å². The molecule has 264 valence electrons. The summed E-state index contributed by atoms with van der Waals surface area (Å²) in [6, 6.07) is 61.4. The topological polar surface area (TPSA) is 64.7 Å². The maximum Gasteiger partial charge on any atom is 0.164 e. The van der Waals surface area contributed by atoms with Gasteiger partial charge in [-0.1, -0.05) is 140 Å². The minimum Gasteiger partial charge on any atom is -0.456 e. The third-order valence-electron chi connectivity index (χ3n) is 11.3. The van der Waals surface area contributed by atoms with E-state index >= 15 is 0 Å². The van der Waals surface area contributed by atoms with Gasteiger partial charge in [-0.2, -0.15) is 0 Å². The van der Waals surface area contributed by atoms with E-state index in [4.69, 9.17) is 19.4 Å². The summed E-state index contributed by atoms with van der Waals surface area (Å²) in [7, 11) is 0. The van der Waals surface area contributed by atoms with E-state index in [0.717, 1.165) is 77.2 Å². The SMILES string of the molecule is c1ccc(-c2nc(-c3ccc(-c4ccc5c(c4)-c4ccnc6cccc-5c46)cc3)nc(-c3ccc4c(-c5cccc6oc7ccccc7c56)cccc4c3)n2)cc1. The van der Waals surface area contributed by atoms with Crippen molar-refractivity contribution in [1.82, 2.24) is 19.9 Å². The third kappa shape index (κ3) is 5.03. The van der Waals surface area contributed by atoms with Gasteiger partial charge >= 0.3 is 0 Å². The van der Waals surface area contributed by atoms with Crippen LogP contribution in [0.3, 0.4) is 0 Å². The Morgan fingerprint density at radius 2 is 0.965 bits per heavy atom. The van der Waals surface area contributed by atoms with Crippen LogP contribution in [0.4, 0.5) is 0 Å². The zero-order chi connectivity index (χ0) is 37.5. The van der Waals surface area contributed by atoms with Crippen LogP contribution >= 0.6 is 0 Å². The number of rotatable bonds is 5. The predicted molar refractivity (Wildman–Crippen MR) is 232 cm³/mol. The highest BCUT2D eigenvalue weighted by Gasteiger charge is 2.22. The van der Waals surface area contributed by atoms with Crippen molar-refractivity contribution in [3.63, 3.8) is 0 Å². The average Bonchev–Trinajstić information content (AvgIpc) is 3.83. The number of fused-ring (bicyclic) bond motifs is 7. The molecule has 0 spiro atoms. The fourth-order valence-electron chi connectivity index (χ4n) is 8.66. The van der Waals surface area contributed by atoms with E-state index in [1.807, 2.05) is 54.7 Å². The second kappa shape index (κ2) is 12.4. The molecule has 0 saturated carbocycles. The zero-order valence-electron chi connectivity index (χ0n) is 30.5. The van der Waals surface area contributed by atoms with Gasteiger partial charge in [-0.15, -0.1) is 0 Å². The Morgan fingerprint density at radius 3 is 1.82 bits per heavy atom. The van der Waals surface area contributed by atoms with Gasteiger partial charge in [0.25, 0.3) is 0 Å². The molecule has 8 aromatic carbocycles. The van der Waals surface area contributed by atoms with Crippen molar-refractivity contribution >= 4 is 43.6 Å². The van der Waals surface area contributed by atoms with E-state index in [1.54, 1.807) is 0 Å². The minimum absolute atomic E-state index is 0.625. The van der Waals surface area contributed by atoms with Gasteiger partial charge in [-0.25, -0.2) is 15.0 Å². The van der Waals surface area contributed by atoms with Crippen LogP contribution in [0.2, 0.25) is 0 Å². The van der Waals surface area contributed by atoms with Crippen LogP contribution < -0.4 is 0 Å². The molecule has 0 N–H and O–H groups in total. The summed E-state index contributed by atoms with van der Waals surface area (Å²) in [5.41, 5.74) is 15.2. The van der Waals surface area contributed by atoms with Gasteiger partial charge in [-0.3, -0.25) is 4.98 Å². The highest BCUT2D eigenvalue weighted by molar-refractivity contribution is 6.16. The molecule has 57 heavy (non-hydrogen) atoms. The summed E-state index contributed by atoms with van der Waals surface area (Å²) in [4.78, 5) is 19.8. The second-order valence-corrected chi connectivity index (χ2v) is 14.6. The largest absolute Gasteiger partial charge is 0.456 e. The maximum absolute atomic E-state index is 6.24. The fourth-order valence-corrected chi connectivity index (χ4v) is 8.66. The van der Waals surface area contributed by atoms with Crippen LogP contribution in [0.1, 0.15) is 0 Å². The fraction of sp³-hybridized carbons (Fsp3) is 0. The van der Waals surface area contributed by atoms with Crippen molar-refractivity contribution in [2.75, 3.05) is 0 Å². The van der Waals surface area contributed by atoms with Gasteiger partial charge in [0.1, 0.15) is 11.2 Å². The molecule has 1 aliphatic rings. The Bertz CT molecular complexity index is 3400. The highest BCUT2D eigenvalue weighted by Crippen LogP contribution is 2.48. The van der Waals surface area contributed by atoms with Crippen LogP contribution in [-0.4, -0.2) is 19.9 Å². The number of hydrogen-bond donors (Lipinski definition) is 0. The third-order valence-corrected chi connectivity index (χ3v) is 11.3. The second-order valence-electron chi connectivity index (χ2n) is 14.6. The molecule has 1 aliphatic carbocycles. The van der Waals surface area contributed by atoms with E-state index < -0.39 is 0 Å². The normalized spacial score (nSPS) is 11.9. The first-order valence-electron chi connectivity index (χ1n) is 19.1. The summed E-state index contributed by atoms with van der Waals surface area (Å²) in [5, 5.41) is 5.73. The number of aromatic nitrogens is 4. The van der Waals surface area contributed by atoms with Crippen LogP contribution in [0, 0.1) is 0 Å². The summed E-state index contributed by atoms with van der Waals surface area (Å²) in [6.07, 6.45) is 1.91. The molecule has 0 amide bonds. The lowest BCUT2D eigenvalue weighted by Gasteiger charge is -2.12. The number of benzene rings is 8. The summed E-state index contributed by atoms with van der Waals surface area (Å²) in [5.74, 6) is 1.88. The van der Waals surface area contributed by atoms with E-state index in [9.17, 15) is 0 Å². The molecule has 0 aliphatic heterocycles. The molecule has 5 nitrogen and oxygen atoms in total. The Labute approximate surface area is 327 Å². The summed E-state index contributed by atoms with van der Waals surface area (Å²) in [6.45, 7) is 0. The predicted octanol–water partition coefficient (Wildman–Crippen LogP) is 13.5. The quantitative estimate of drug-likeness (QED) is 0.177. The molecular weight excluding hydrogens is 697 g/mol. The molecule has 0 unspecified atom stereocenters. The molecule has 5 heteroatoms. The van der Waals surface area contributed by atoms with E-state index in [-0.39, 0.29) is 0 Å². The number of nitrogens with zero attached hydrogens (tertiary/aromatic N) is 4. The Morgan fingerprint density at radius 1 is 0.333 bits per heavy atom. The van der Waals surface area contributed by atoms with E-state index in [0.29, 0.717) is 17.5 Å². The molecule has 3 heterocycles. The van der Waals surface area contributed by atoms with Gasteiger partial charge in [-0.05, 0) is 91.7 Å². The summed E-state index contributed by atoms with van der Waals surface area (Å²) < 4.78 is 6.24. The lowest BCUT2D eigenvalue weighted by atomic mass is 9.94. The van der Waals surface area contributed by atoms with Crippen molar-refractivity contribution in [1.29, 1.82) is 0 Å². The molecule has 0 fully saturated rings. The van der Waals surface area contributed by atoms with Crippen molar-refractivity contribution < 1.29 is 4.42 Å². The van der Waals surface area contributed by atoms with E-state index in [2.05, 4.69) is 132 Å². The molecule has 0 bridgehead atoms. The van der Waals surface area contributed by atoms with Crippen molar-refractivity contribution in [2.45, 2.75) is 0 Å². The lowest BCUT2D eigenvalue weighted by molar-refractivity contribution is 0.669. The Kier molecular flexibility index (Phi) is 6.86. The molecule has 3 aromatic heterocycles. The molecule has 0 atom stereocenters. The molecule has 12 rings (SSSR count). The first-order chi connectivity index (χ1) is 28.2. The Balaban J connectivity index is 0.939. The molecular formula is C52H30N4O. The number of furan rings is 1. The van der Waals surface area contributed by atoms with Crippen LogP contribution in [0.5, 0.6) is 0 Å². The van der Waals surface area contributed by atoms with Crippen molar-refractivity contribution in [3.8, 4) is 78.7 Å². The first kappa shape index (κ1) is 31.6. The molecule has 0 radical (unpaired) electrons. The van der Waals surface area contributed by atoms with Gasteiger partial charge in [0.2, 0.25) is 0 Å². The van der Waals surface area contributed by atoms with Crippen LogP contribution in [-0.2, 0) is 0 Å². The Hall–Kier alpha value is -7.76. The number of para-hydroxylation sites is 1.